The minimum atomic E-state index is -4.40. The van der Waals surface area contributed by atoms with Crippen LogP contribution in [0.3, 0.4) is 0 Å². The lowest BCUT2D eigenvalue weighted by atomic mass is 9.90. The van der Waals surface area contributed by atoms with Crippen molar-refractivity contribution < 1.29 is 22.3 Å². The fourth-order valence-electron chi connectivity index (χ4n) is 2.60. The average molecular weight is 341 g/mol. The molecule has 0 aliphatic heterocycles. The largest absolute Gasteiger partial charge is 0.494 e. The van der Waals surface area contributed by atoms with E-state index in [1.807, 2.05) is 0 Å². The number of hydrogen-bond acceptors (Lipinski definition) is 2. The Bertz CT molecular complexity index is 685. The van der Waals surface area contributed by atoms with Gasteiger partial charge in [0.15, 0.2) is 0 Å². The molecule has 2 nitrogen and oxygen atoms in total. The van der Waals surface area contributed by atoms with Crippen molar-refractivity contribution in [2.45, 2.75) is 25.4 Å². The van der Waals surface area contributed by atoms with Crippen molar-refractivity contribution >= 4 is 0 Å². The first kappa shape index (κ1) is 18.3. The van der Waals surface area contributed by atoms with Gasteiger partial charge in [-0.15, -0.1) is 0 Å². The zero-order valence-corrected chi connectivity index (χ0v) is 13.2. The van der Waals surface area contributed by atoms with Gasteiger partial charge in [-0.05, 0) is 49.7 Å². The number of benzene rings is 2. The van der Waals surface area contributed by atoms with Crippen LogP contribution in [0.5, 0.6) is 5.75 Å². The van der Waals surface area contributed by atoms with Gasteiger partial charge < -0.3 is 10.5 Å². The molecular weight excluding hydrogens is 322 g/mol. The Labute approximate surface area is 138 Å². The third-order valence-corrected chi connectivity index (χ3v) is 3.73. The van der Waals surface area contributed by atoms with E-state index < -0.39 is 17.6 Å². The van der Waals surface area contributed by atoms with E-state index in [4.69, 9.17) is 10.5 Å². The van der Waals surface area contributed by atoms with E-state index >= 15 is 0 Å². The van der Waals surface area contributed by atoms with Crippen LogP contribution >= 0.6 is 0 Å². The number of halogens is 4. The smallest absolute Gasteiger partial charge is 0.416 e. The maximum atomic E-state index is 13.6. The Kier molecular flexibility index (Phi) is 5.83. The van der Waals surface area contributed by atoms with Crippen LogP contribution in [0, 0.1) is 5.82 Å². The van der Waals surface area contributed by atoms with Gasteiger partial charge in [0.25, 0.3) is 0 Å². The third kappa shape index (κ3) is 4.47. The van der Waals surface area contributed by atoms with Crippen LogP contribution in [0.1, 0.15) is 29.5 Å². The van der Waals surface area contributed by atoms with E-state index in [9.17, 15) is 17.6 Å². The molecule has 2 aromatic rings. The number of nitrogens with two attached hydrogens (primary N) is 1. The molecule has 0 aliphatic carbocycles. The SMILES string of the molecule is CCOc1ccc(F)cc1C(CN)Cc1cccc(C(F)(F)F)c1. The lowest BCUT2D eigenvalue weighted by molar-refractivity contribution is -0.137. The van der Waals surface area contributed by atoms with Crippen molar-refractivity contribution in [1.82, 2.24) is 0 Å². The standard InChI is InChI=1S/C18H19F4NO/c1-2-24-17-7-6-15(19)10-16(17)13(11-23)8-12-4-3-5-14(9-12)18(20,21)22/h3-7,9-10,13H,2,8,11,23H2,1H3. The molecule has 0 saturated carbocycles. The minimum absolute atomic E-state index is 0.166. The first-order valence-corrected chi connectivity index (χ1v) is 7.63. The van der Waals surface area contributed by atoms with Gasteiger partial charge in [-0.2, -0.15) is 13.2 Å². The molecule has 0 heterocycles. The number of hydrogen-bond donors (Lipinski definition) is 1. The summed E-state index contributed by atoms with van der Waals surface area (Å²) in [6, 6.07) is 9.22. The fraction of sp³-hybridized carbons (Fsp3) is 0.333. The van der Waals surface area contributed by atoms with Crippen molar-refractivity contribution in [3.8, 4) is 5.75 Å². The second-order valence-electron chi connectivity index (χ2n) is 5.45. The Hall–Kier alpha value is -2.08. The molecule has 0 aliphatic rings. The monoisotopic (exact) mass is 341 g/mol. The van der Waals surface area contributed by atoms with Crippen molar-refractivity contribution in [2.75, 3.05) is 13.2 Å². The molecule has 6 heteroatoms. The maximum absolute atomic E-state index is 13.6. The van der Waals surface area contributed by atoms with Gasteiger partial charge in [-0.25, -0.2) is 4.39 Å². The highest BCUT2D eigenvalue weighted by atomic mass is 19.4. The molecule has 2 aromatic carbocycles. The quantitative estimate of drug-likeness (QED) is 0.784. The summed E-state index contributed by atoms with van der Waals surface area (Å²) in [5.74, 6) is -0.275. The number of rotatable bonds is 6. The van der Waals surface area contributed by atoms with E-state index in [0.29, 0.717) is 23.5 Å². The van der Waals surface area contributed by atoms with Crippen LogP contribution in [-0.2, 0) is 12.6 Å². The summed E-state index contributed by atoms with van der Waals surface area (Å²) in [7, 11) is 0. The summed E-state index contributed by atoms with van der Waals surface area (Å²) in [6.45, 7) is 2.37. The lowest BCUT2D eigenvalue weighted by Crippen LogP contribution is -2.17. The highest BCUT2D eigenvalue weighted by Gasteiger charge is 2.30. The molecule has 130 valence electrons. The maximum Gasteiger partial charge on any atom is 0.416 e. The third-order valence-electron chi connectivity index (χ3n) is 3.73. The van der Waals surface area contributed by atoms with Gasteiger partial charge in [-0.3, -0.25) is 0 Å². The Morgan fingerprint density at radius 2 is 1.88 bits per heavy atom. The van der Waals surface area contributed by atoms with Gasteiger partial charge in [0, 0.05) is 11.5 Å². The van der Waals surface area contributed by atoms with Crippen molar-refractivity contribution in [3.63, 3.8) is 0 Å². The summed E-state index contributed by atoms with van der Waals surface area (Å²) in [6.07, 6.45) is -4.13. The van der Waals surface area contributed by atoms with Crippen LogP contribution in [-0.4, -0.2) is 13.2 Å². The van der Waals surface area contributed by atoms with E-state index in [0.717, 1.165) is 12.1 Å². The average Bonchev–Trinajstić information content (AvgIpc) is 2.54. The van der Waals surface area contributed by atoms with Crippen molar-refractivity contribution in [2.24, 2.45) is 5.73 Å². The molecule has 0 aromatic heterocycles. The number of alkyl halides is 3. The molecule has 0 amide bonds. The molecule has 2 rings (SSSR count). The fourth-order valence-corrected chi connectivity index (χ4v) is 2.60. The summed E-state index contributed by atoms with van der Waals surface area (Å²) in [5.41, 5.74) is 6.14. The molecule has 1 atom stereocenters. The summed E-state index contributed by atoms with van der Waals surface area (Å²) < 4.78 is 57.6. The second-order valence-corrected chi connectivity index (χ2v) is 5.45. The molecular formula is C18H19F4NO. The van der Waals surface area contributed by atoms with Crippen LogP contribution in [0.4, 0.5) is 17.6 Å². The van der Waals surface area contributed by atoms with E-state index in [1.54, 1.807) is 13.0 Å². The predicted octanol–water partition coefficient (Wildman–Crippen LogP) is 4.53. The molecule has 0 saturated heterocycles. The summed E-state index contributed by atoms with van der Waals surface area (Å²) in [5, 5.41) is 0. The normalized spacial score (nSPS) is 12.9. The van der Waals surface area contributed by atoms with Gasteiger partial charge in [0.1, 0.15) is 11.6 Å². The molecule has 2 N–H and O–H groups in total. The van der Waals surface area contributed by atoms with Crippen LogP contribution in [0.15, 0.2) is 42.5 Å². The lowest BCUT2D eigenvalue weighted by Gasteiger charge is -2.20. The van der Waals surface area contributed by atoms with E-state index in [2.05, 4.69) is 0 Å². The molecule has 0 fully saturated rings. The molecule has 24 heavy (non-hydrogen) atoms. The Morgan fingerprint density at radius 3 is 2.50 bits per heavy atom. The highest BCUT2D eigenvalue weighted by molar-refractivity contribution is 5.39. The van der Waals surface area contributed by atoms with Crippen LogP contribution in [0.25, 0.3) is 0 Å². The summed E-state index contributed by atoms with van der Waals surface area (Å²) >= 11 is 0. The summed E-state index contributed by atoms with van der Waals surface area (Å²) in [4.78, 5) is 0. The van der Waals surface area contributed by atoms with Gasteiger partial charge in [0.05, 0.1) is 12.2 Å². The van der Waals surface area contributed by atoms with E-state index in [-0.39, 0.29) is 18.9 Å². The van der Waals surface area contributed by atoms with Crippen LogP contribution < -0.4 is 10.5 Å². The van der Waals surface area contributed by atoms with Crippen molar-refractivity contribution in [1.29, 1.82) is 0 Å². The predicted molar refractivity (Wildman–Crippen MR) is 84.5 cm³/mol. The number of ether oxygens (including phenoxy) is 1. The van der Waals surface area contributed by atoms with Gasteiger partial charge in [0.2, 0.25) is 0 Å². The topological polar surface area (TPSA) is 35.2 Å². The van der Waals surface area contributed by atoms with Crippen LogP contribution in [0.2, 0.25) is 0 Å². The van der Waals surface area contributed by atoms with E-state index in [1.165, 1.54) is 24.3 Å². The zero-order chi connectivity index (χ0) is 17.7. The molecule has 0 spiro atoms. The first-order chi connectivity index (χ1) is 11.3. The van der Waals surface area contributed by atoms with Crippen molar-refractivity contribution in [3.05, 3.63) is 65.0 Å². The highest BCUT2D eigenvalue weighted by Crippen LogP contribution is 2.33. The van der Waals surface area contributed by atoms with Gasteiger partial charge in [-0.1, -0.05) is 18.2 Å². The molecule has 0 bridgehead atoms. The minimum Gasteiger partial charge on any atom is -0.494 e. The Balaban J connectivity index is 2.32. The molecule has 0 radical (unpaired) electrons. The second kappa shape index (κ2) is 7.66. The first-order valence-electron chi connectivity index (χ1n) is 7.63. The molecule has 1 unspecified atom stereocenters. The van der Waals surface area contributed by atoms with Gasteiger partial charge >= 0.3 is 6.18 Å². The Morgan fingerprint density at radius 1 is 1.12 bits per heavy atom. The zero-order valence-electron chi connectivity index (χ0n) is 13.2.